The van der Waals surface area contributed by atoms with Gasteiger partial charge in [-0.2, -0.15) is 4.68 Å². The number of hydrogen-bond acceptors (Lipinski definition) is 6. The van der Waals surface area contributed by atoms with E-state index in [1.807, 2.05) is 11.4 Å². The third-order valence-corrected chi connectivity index (χ3v) is 5.17. The molecule has 0 saturated heterocycles. The number of nitrogens with zero attached hydrogens (tertiary/aromatic N) is 3. The van der Waals surface area contributed by atoms with Crippen molar-refractivity contribution in [2.45, 2.75) is 25.9 Å². The SMILES string of the molecule is C[C@@H](C(=O)N1CCc2sccc2C1)n1nc(-c2ccco2)oc1=O. The van der Waals surface area contributed by atoms with Gasteiger partial charge in [0.1, 0.15) is 6.04 Å². The third-order valence-electron chi connectivity index (χ3n) is 4.15. The molecule has 7 nitrogen and oxygen atoms in total. The van der Waals surface area contributed by atoms with Gasteiger partial charge in [-0.15, -0.1) is 16.4 Å². The lowest BCUT2D eigenvalue weighted by Crippen LogP contribution is -2.41. The Morgan fingerprint density at radius 1 is 1.42 bits per heavy atom. The van der Waals surface area contributed by atoms with Crippen LogP contribution in [-0.2, 0) is 17.8 Å². The van der Waals surface area contributed by atoms with Crippen LogP contribution in [0.1, 0.15) is 23.4 Å². The molecule has 0 fully saturated rings. The standard InChI is InChI=1S/C16H15N3O4S/c1-10(15(20)18-6-4-13-11(9-18)5-8-24-13)19-16(21)23-14(17-19)12-3-2-7-22-12/h2-3,5,7-8,10H,4,6,9H2,1H3/t10-/m0/s1. The van der Waals surface area contributed by atoms with E-state index >= 15 is 0 Å². The van der Waals surface area contributed by atoms with Crippen molar-refractivity contribution in [1.29, 1.82) is 0 Å². The zero-order valence-electron chi connectivity index (χ0n) is 13.0. The molecular weight excluding hydrogens is 330 g/mol. The van der Waals surface area contributed by atoms with E-state index in [-0.39, 0.29) is 11.8 Å². The van der Waals surface area contributed by atoms with Crippen molar-refractivity contribution in [3.63, 3.8) is 0 Å². The Hall–Kier alpha value is -2.61. The Morgan fingerprint density at radius 3 is 3.08 bits per heavy atom. The average Bonchev–Trinajstić information content (AvgIpc) is 3.32. The summed E-state index contributed by atoms with van der Waals surface area (Å²) >= 11 is 1.72. The molecule has 0 bridgehead atoms. The first kappa shape index (κ1) is 14.9. The van der Waals surface area contributed by atoms with Gasteiger partial charge in [0.05, 0.1) is 6.26 Å². The smallest absolute Gasteiger partial charge is 0.438 e. The average molecular weight is 345 g/mol. The van der Waals surface area contributed by atoms with Crippen LogP contribution in [0.3, 0.4) is 0 Å². The molecule has 4 rings (SSSR count). The predicted molar refractivity (Wildman–Crippen MR) is 86.6 cm³/mol. The molecule has 24 heavy (non-hydrogen) atoms. The lowest BCUT2D eigenvalue weighted by Gasteiger charge is -2.29. The molecule has 0 saturated carbocycles. The molecular formula is C16H15N3O4S. The van der Waals surface area contributed by atoms with Gasteiger partial charge in [0.15, 0.2) is 5.76 Å². The van der Waals surface area contributed by atoms with Crippen LogP contribution in [0.5, 0.6) is 0 Å². The second-order valence-corrected chi connectivity index (χ2v) is 6.65. The first-order valence-corrected chi connectivity index (χ1v) is 8.49. The highest BCUT2D eigenvalue weighted by Crippen LogP contribution is 2.25. The maximum atomic E-state index is 12.7. The van der Waals surface area contributed by atoms with Crippen LogP contribution < -0.4 is 5.76 Å². The Labute approximate surface area is 141 Å². The minimum absolute atomic E-state index is 0.0726. The molecule has 1 aliphatic heterocycles. The summed E-state index contributed by atoms with van der Waals surface area (Å²) in [6.07, 6.45) is 2.31. The van der Waals surface area contributed by atoms with E-state index in [1.54, 1.807) is 35.3 Å². The zero-order chi connectivity index (χ0) is 16.7. The van der Waals surface area contributed by atoms with E-state index in [9.17, 15) is 9.59 Å². The van der Waals surface area contributed by atoms with Crippen molar-refractivity contribution in [2.75, 3.05) is 6.54 Å². The van der Waals surface area contributed by atoms with E-state index in [2.05, 4.69) is 5.10 Å². The van der Waals surface area contributed by atoms with Crippen molar-refractivity contribution in [3.8, 4) is 11.7 Å². The van der Waals surface area contributed by atoms with Gasteiger partial charge in [-0.05, 0) is 42.5 Å². The molecule has 1 amide bonds. The van der Waals surface area contributed by atoms with E-state index in [4.69, 9.17) is 8.83 Å². The molecule has 0 spiro atoms. The molecule has 0 aromatic carbocycles. The molecule has 1 aliphatic rings. The number of thiophene rings is 1. The highest BCUT2D eigenvalue weighted by molar-refractivity contribution is 7.10. The summed E-state index contributed by atoms with van der Waals surface area (Å²) in [5.41, 5.74) is 1.18. The van der Waals surface area contributed by atoms with Crippen molar-refractivity contribution < 1.29 is 13.6 Å². The van der Waals surface area contributed by atoms with Crippen molar-refractivity contribution >= 4 is 17.2 Å². The van der Waals surface area contributed by atoms with Crippen LogP contribution in [0.4, 0.5) is 0 Å². The highest BCUT2D eigenvalue weighted by atomic mass is 32.1. The second-order valence-electron chi connectivity index (χ2n) is 5.65. The fraction of sp³-hybridized carbons (Fsp3) is 0.312. The fourth-order valence-electron chi connectivity index (χ4n) is 2.84. The summed E-state index contributed by atoms with van der Waals surface area (Å²) in [5.74, 6) is -0.390. The molecule has 0 aliphatic carbocycles. The predicted octanol–water partition coefficient (Wildman–Crippen LogP) is 2.30. The topological polar surface area (TPSA) is 81.5 Å². The van der Waals surface area contributed by atoms with Crippen molar-refractivity contribution in [1.82, 2.24) is 14.7 Å². The largest absolute Gasteiger partial charge is 0.459 e. The van der Waals surface area contributed by atoms with Gasteiger partial charge in [0.2, 0.25) is 5.91 Å². The van der Waals surface area contributed by atoms with Crippen LogP contribution in [0.15, 0.2) is 43.5 Å². The lowest BCUT2D eigenvalue weighted by molar-refractivity contribution is -0.135. The molecule has 0 N–H and O–H groups in total. The molecule has 3 aromatic rings. The maximum absolute atomic E-state index is 12.7. The Morgan fingerprint density at radius 2 is 2.29 bits per heavy atom. The molecule has 1 atom stereocenters. The van der Waals surface area contributed by atoms with Crippen LogP contribution in [-0.4, -0.2) is 27.1 Å². The monoisotopic (exact) mass is 345 g/mol. The second kappa shape index (κ2) is 5.79. The summed E-state index contributed by atoms with van der Waals surface area (Å²) in [6, 6.07) is 4.63. The Kier molecular flexibility index (Phi) is 3.61. The number of hydrogen-bond donors (Lipinski definition) is 0. The maximum Gasteiger partial charge on any atom is 0.438 e. The lowest BCUT2D eigenvalue weighted by atomic mass is 10.1. The number of carbonyl (C=O) groups is 1. The summed E-state index contributed by atoms with van der Waals surface area (Å²) < 4.78 is 11.3. The number of aromatic nitrogens is 2. The zero-order valence-corrected chi connectivity index (χ0v) is 13.8. The molecule has 0 unspecified atom stereocenters. The quantitative estimate of drug-likeness (QED) is 0.727. The Bertz CT molecular complexity index is 921. The highest BCUT2D eigenvalue weighted by Gasteiger charge is 2.29. The summed E-state index contributed by atoms with van der Waals surface area (Å²) in [4.78, 5) is 27.9. The van der Waals surface area contributed by atoms with E-state index in [0.29, 0.717) is 18.8 Å². The number of furan rings is 1. The number of fused-ring (bicyclic) bond motifs is 1. The van der Waals surface area contributed by atoms with E-state index in [1.165, 1.54) is 16.7 Å². The number of carbonyl (C=O) groups excluding carboxylic acids is 1. The van der Waals surface area contributed by atoms with Crippen LogP contribution in [0.2, 0.25) is 0 Å². The summed E-state index contributed by atoms with van der Waals surface area (Å²) in [7, 11) is 0. The molecule has 4 heterocycles. The third kappa shape index (κ3) is 2.48. The summed E-state index contributed by atoms with van der Waals surface area (Å²) in [5, 5.41) is 6.14. The molecule has 8 heteroatoms. The van der Waals surface area contributed by atoms with Gasteiger partial charge in [0, 0.05) is 18.0 Å². The first-order chi connectivity index (χ1) is 11.6. The minimum Gasteiger partial charge on any atom is -0.459 e. The van der Waals surface area contributed by atoms with E-state index < -0.39 is 11.8 Å². The molecule has 3 aromatic heterocycles. The Balaban J connectivity index is 1.57. The van der Waals surface area contributed by atoms with Gasteiger partial charge in [-0.1, -0.05) is 0 Å². The van der Waals surface area contributed by atoms with Gasteiger partial charge in [-0.3, -0.25) is 4.79 Å². The van der Waals surface area contributed by atoms with Crippen LogP contribution in [0, 0.1) is 0 Å². The van der Waals surface area contributed by atoms with Gasteiger partial charge in [0.25, 0.3) is 5.89 Å². The van der Waals surface area contributed by atoms with Gasteiger partial charge in [-0.25, -0.2) is 4.79 Å². The van der Waals surface area contributed by atoms with Crippen LogP contribution in [0.25, 0.3) is 11.7 Å². The normalized spacial score (nSPS) is 15.3. The number of amides is 1. The number of rotatable bonds is 3. The molecule has 0 radical (unpaired) electrons. The molecule has 124 valence electrons. The van der Waals surface area contributed by atoms with Crippen molar-refractivity contribution in [2.24, 2.45) is 0 Å². The van der Waals surface area contributed by atoms with Gasteiger partial charge < -0.3 is 13.7 Å². The van der Waals surface area contributed by atoms with Crippen molar-refractivity contribution in [3.05, 3.63) is 50.8 Å². The first-order valence-electron chi connectivity index (χ1n) is 7.61. The van der Waals surface area contributed by atoms with Gasteiger partial charge >= 0.3 is 5.76 Å². The summed E-state index contributed by atoms with van der Waals surface area (Å²) in [6.45, 7) is 2.87. The van der Waals surface area contributed by atoms with Crippen LogP contribution >= 0.6 is 11.3 Å². The fourth-order valence-corrected chi connectivity index (χ4v) is 3.73. The van der Waals surface area contributed by atoms with E-state index in [0.717, 1.165) is 11.1 Å². The minimum atomic E-state index is -0.731.